The van der Waals surface area contributed by atoms with Gasteiger partial charge in [0, 0.05) is 4.88 Å². The molecule has 0 radical (unpaired) electrons. The first-order valence-corrected chi connectivity index (χ1v) is 10.4. The summed E-state index contributed by atoms with van der Waals surface area (Å²) in [6.45, 7) is -0.162. The maximum atomic E-state index is 12.8. The van der Waals surface area contributed by atoms with Crippen molar-refractivity contribution in [3.05, 3.63) is 56.8 Å². The SMILES string of the molecule is COC(=O)c1c(NC(=O)Cn2c(=O)cnc3ccccc32)sc2c1CCCCC2. The molecule has 150 valence electrons. The number of ether oxygens (including phenoxy) is 1. The molecule has 0 atom stereocenters. The van der Waals surface area contributed by atoms with Crippen LogP contribution in [0.5, 0.6) is 0 Å². The van der Waals surface area contributed by atoms with E-state index in [4.69, 9.17) is 4.74 Å². The van der Waals surface area contributed by atoms with Gasteiger partial charge in [-0.3, -0.25) is 14.2 Å². The number of hydrogen-bond acceptors (Lipinski definition) is 6. The van der Waals surface area contributed by atoms with E-state index < -0.39 is 5.97 Å². The lowest BCUT2D eigenvalue weighted by Crippen LogP contribution is -2.28. The third kappa shape index (κ3) is 3.80. The minimum absolute atomic E-state index is 0.162. The Morgan fingerprint density at radius 1 is 1.21 bits per heavy atom. The Balaban J connectivity index is 1.65. The van der Waals surface area contributed by atoms with E-state index >= 15 is 0 Å². The molecular formula is C21H21N3O4S. The fourth-order valence-corrected chi connectivity index (χ4v) is 5.03. The first kappa shape index (κ1) is 19.3. The molecule has 2 heterocycles. The molecule has 1 aromatic carbocycles. The molecular weight excluding hydrogens is 390 g/mol. The van der Waals surface area contributed by atoms with Gasteiger partial charge in [0.25, 0.3) is 5.56 Å². The Hall–Kier alpha value is -3.00. The molecule has 0 bridgehead atoms. The van der Waals surface area contributed by atoms with Crippen LogP contribution in [0.4, 0.5) is 5.00 Å². The Kier molecular flexibility index (Phi) is 5.44. The minimum Gasteiger partial charge on any atom is -0.465 e. The Morgan fingerprint density at radius 2 is 2.00 bits per heavy atom. The summed E-state index contributed by atoms with van der Waals surface area (Å²) < 4.78 is 6.35. The molecule has 7 nitrogen and oxygen atoms in total. The molecule has 0 aliphatic heterocycles. The number of anilines is 1. The fourth-order valence-electron chi connectivity index (χ4n) is 3.74. The number of methoxy groups -OCH3 is 1. The van der Waals surface area contributed by atoms with Gasteiger partial charge in [-0.2, -0.15) is 0 Å². The standard InChI is InChI=1S/C21H21N3O4S/c1-28-21(27)19-13-7-3-2-4-10-16(13)29-20(19)23-17(25)12-24-15-9-6-5-8-14(15)22-11-18(24)26/h5-6,8-9,11H,2-4,7,10,12H2,1H3,(H,23,25). The maximum Gasteiger partial charge on any atom is 0.341 e. The normalized spacial score (nSPS) is 13.6. The van der Waals surface area contributed by atoms with E-state index in [2.05, 4.69) is 10.3 Å². The number of nitrogens with one attached hydrogen (secondary N) is 1. The molecule has 0 saturated carbocycles. The lowest BCUT2D eigenvalue weighted by atomic mass is 10.1. The summed E-state index contributed by atoms with van der Waals surface area (Å²) in [6, 6.07) is 7.16. The largest absolute Gasteiger partial charge is 0.465 e. The summed E-state index contributed by atoms with van der Waals surface area (Å²) in [6.07, 6.45) is 6.12. The van der Waals surface area contributed by atoms with Crippen LogP contribution in [0.25, 0.3) is 11.0 Å². The van der Waals surface area contributed by atoms with E-state index in [1.54, 1.807) is 18.2 Å². The Morgan fingerprint density at radius 3 is 2.83 bits per heavy atom. The lowest BCUT2D eigenvalue weighted by Gasteiger charge is -2.10. The molecule has 4 rings (SSSR count). The van der Waals surface area contributed by atoms with E-state index in [1.807, 2.05) is 6.07 Å². The van der Waals surface area contributed by atoms with E-state index in [1.165, 1.54) is 29.2 Å². The Bertz CT molecular complexity index is 1150. The Labute approximate surface area is 171 Å². The molecule has 3 aromatic rings. The monoisotopic (exact) mass is 411 g/mol. The number of thiophene rings is 1. The highest BCUT2D eigenvalue weighted by atomic mass is 32.1. The topological polar surface area (TPSA) is 90.3 Å². The fraction of sp³-hybridized carbons (Fsp3) is 0.333. The van der Waals surface area contributed by atoms with Crippen LogP contribution in [0.1, 0.15) is 40.1 Å². The molecule has 1 aliphatic rings. The molecule has 8 heteroatoms. The summed E-state index contributed by atoms with van der Waals surface area (Å²) in [5, 5.41) is 3.34. The van der Waals surface area contributed by atoms with Crippen LogP contribution in [0.2, 0.25) is 0 Å². The van der Waals surface area contributed by atoms with Crippen molar-refractivity contribution in [1.29, 1.82) is 0 Å². The van der Waals surface area contributed by atoms with E-state index in [0.717, 1.165) is 42.5 Å². The molecule has 1 amide bonds. The van der Waals surface area contributed by atoms with Gasteiger partial charge in [-0.25, -0.2) is 9.78 Å². The minimum atomic E-state index is -0.439. The van der Waals surface area contributed by atoms with Crippen molar-refractivity contribution in [2.24, 2.45) is 0 Å². The highest BCUT2D eigenvalue weighted by molar-refractivity contribution is 7.17. The van der Waals surface area contributed by atoms with Gasteiger partial charge in [0.1, 0.15) is 11.5 Å². The van der Waals surface area contributed by atoms with Gasteiger partial charge in [-0.05, 0) is 43.4 Å². The number of nitrogens with zero attached hydrogens (tertiary/aromatic N) is 2. The number of fused-ring (bicyclic) bond motifs is 2. The summed E-state index contributed by atoms with van der Waals surface area (Å²) in [7, 11) is 1.34. The van der Waals surface area contributed by atoms with Crippen LogP contribution in [-0.2, 0) is 28.9 Å². The van der Waals surface area contributed by atoms with Crippen LogP contribution < -0.4 is 10.9 Å². The number of amides is 1. The van der Waals surface area contributed by atoms with Gasteiger partial charge in [-0.15, -0.1) is 11.3 Å². The van der Waals surface area contributed by atoms with Crippen molar-refractivity contribution in [2.45, 2.75) is 38.6 Å². The van der Waals surface area contributed by atoms with Gasteiger partial charge >= 0.3 is 5.97 Å². The van der Waals surface area contributed by atoms with Crippen molar-refractivity contribution in [1.82, 2.24) is 9.55 Å². The average Bonchev–Trinajstić information content (AvgIpc) is 2.90. The lowest BCUT2D eigenvalue weighted by molar-refractivity contribution is -0.116. The molecule has 0 saturated heterocycles. The highest BCUT2D eigenvalue weighted by Crippen LogP contribution is 2.38. The number of esters is 1. The number of carbonyl (C=O) groups excluding carboxylic acids is 2. The van der Waals surface area contributed by atoms with Crippen LogP contribution in [0.3, 0.4) is 0 Å². The first-order chi connectivity index (χ1) is 14.1. The molecule has 2 aromatic heterocycles. The van der Waals surface area contributed by atoms with Gasteiger partial charge in [0.05, 0.1) is 29.9 Å². The number of hydrogen-bond donors (Lipinski definition) is 1. The number of para-hydroxylation sites is 2. The zero-order valence-electron chi connectivity index (χ0n) is 16.1. The van der Waals surface area contributed by atoms with Gasteiger partial charge in [-0.1, -0.05) is 18.6 Å². The smallest absolute Gasteiger partial charge is 0.341 e. The molecule has 0 spiro atoms. The first-order valence-electron chi connectivity index (χ1n) is 9.55. The number of rotatable bonds is 4. The summed E-state index contributed by atoms with van der Waals surface area (Å²) >= 11 is 1.43. The van der Waals surface area contributed by atoms with Crippen LogP contribution in [0, 0.1) is 0 Å². The van der Waals surface area contributed by atoms with E-state index in [9.17, 15) is 14.4 Å². The molecule has 0 unspecified atom stereocenters. The van der Waals surface area contributed by atoms with E-state index in [-0.39, 0.29) is 18.0 Å². The second-order valence-corrected chi connectivity index (χ2v) is 8.08. The number of aryl methyl sites for hydroxylation is 1. The second-order valence-electron chi connectivity index (χ2n) is 6.98. The molecule has 1 N–H and O–H groups in total. The van der Waals surface area contributed by atoms with Gasteiger partial charge in [0.2, 0.25) is 5.91 Å². The molecule has 29 heavy (non-hydrogen) atoms. The molecule has 1 aliphatic carbocycles. The van der Waals surface area contributed by atoms with Crippen LogP contribution in [-0.4, -0.2) is 28.5 Å². The van der Waals surface area contributed by atoms with E-state index in [0.29, 0.717) is 21.6 Å². The van der Waals surface area contributed by atoms with Crippen molar-refractivity contribution in [2.75, 3.05) is 12.4 Å². The van der Waals surface area contributed by atoms with Crippen molar-refractivity contribution in [3.8, 4) is 0 Å². The van der Waals surface area contributed by atoms with Gasteiger partial charge < -0.3 is 10.1 Å². The number of benzene rings is 1. The zero-order valence-corrected chi connectivity index (χ0v) is 16.9. The third-order valence-electron chi connectivity index (χ3n) is 5.12. The van der Waals surface area contributed by atoms with Crippen molar-refractivity contribution < 1.29 is 14.3 Å². The summed E-state index contributed by atoms with van der Waals surface area (Å²) in [4.78, 5) is 42.7. The van der Waals surface area contributed by atoms with Crippen molar-refractivity contribution >= 4 is 39.2 Å². The predicted octanol–water partition coefficient (Wildman–Crippen LogP) is 3.15. The van der Waals surface area contributed by atoms with Gasteiger partial charge in [0.15, 0.2) is 0 Å². The highest BCUT2D eigenvalue weighted by Gasteiger charge is 2.26. The zero-order chi connectivity index (χ0) is 20.4. The average molecular weight is 411 g/mol. The molecule has 0 fully saturated rings. The quantitative estimate of drug-likeness (QED) is 0.526. The van der Waals surface area contributed by atoms with Crippen LogP contribution >= 0.6 is 11.3 Å². The predicted molar refractivity (Wildman–Crippen MR) is 112 cm³/mol. The third-order valence-corrected chi connectivity index (χ3v) is 6.33. The van der Waals surface area contributed by atoms with Crippen molar-refractivity contribution in [3.63, 3.8) is 0 Å². The number of aromatic nitrogens is 2. The van der Waals surface area contributed by atoms with Crippen LogP contribution in [0.15, 0.2) is 35.3 Å². The summed E-state index contributed by atoms with van der Waals surface area (Å²) in [5.74, 6) is -0.809. The summed E-state index contributed by atoms with van der Waals surface area (Å²) in [5.41, 5.74) is 2.31. The maximum absolute atomic E-state index is 12.8. The number of carbonyl (C=O) groups is 2. The second kappa shape index (κ2) is 8.16.